The molecule has 0 N–H and O–H groups in total. The minimum absolute atomic E-state index is 0.0499. The highest BCUT2D eigenvalue weighted by atomic mass is 16.7. The summed E-state index contributed by atoms with van der Waals surface area (Å²) in [4.78, 5) is 25.3. The molecule has 1 aliphatic carbocycles. The average Bonchev–Trinajstić information content (AvgIpc) is 3.19. The molecule has 0 bridgehead atoms. The van der Waals surface area contributed by atoms with Crippen molar-refractivity contribution in [3.63, 3.8) is 0 Å². The van der Waals surface area contributed by atoms with Crippen LogP contribution in [0.5, 0.6) is 23.0 Å². The van der Waals surface area contributed by atoms with Gasteiger partial charge in [0, 0.05) is 17.9 Å². The third-order valence-corrected chi connectivity index (χ3v) is 5.26. The lowest BCUT2D eigenvalue weighted by molar-refractivity contribution is -0.146. The van der Waals surface area contributed by atoms with E-state index in [-0.39, 0.29) is 19.0 Å². The van der Waals surface area contributed by atoms with E-state index in [1.807, 2.05) is 18.2 Å². The van der Waals surface area contributed by atoms with E-state index < -0.39 is 17.8 Å². The van der Waals surface area contributed by atoms with E-state index in [1.54, 1.807) is 12.1 Å². The van der Waals surface area contributed by atoms with E-state index in [1.165, 1.54) is 21.3 Å². The molecule has 7 heteroatoms. The molecule has 0 spiro atoms. The van der Waals surface area contributed by atoms with Crippen molar-refractivity contribution in [3.8, 4) is 23.0 Å². The molecule has 0 saturated carbocycles. The lowest BCUT2D eigenvalue weighted by atomic mass is 9.71. The van der Waals surface area contributed by atoms with Crippen molar-refractivity contribution in [1.29, 1.82) is 0 Å². The predicted octanol–water partition coefficient (Wildman–Crippen LogP) is 2.94. The summed E-state index contributed by atoms with van der Waals surface area (Å²) in [5.41, 5.74) is 2.05. The molecule has 28 heavy (non-hydrogen) atoms. The topological polar surface area (TPSA) is 80.3 Å². The number of esters is 1. The summed E-state index contributed by atoms with van der Waals surface area (Å²) in [5.74, 6) is 0.608. The SMILES string of the molecule is COC(=O)[C@@H]1CC(=O)c2cc(OC)c(OC)cc2[C@H]1c1ccc2c(c1)OCO2. The first-order valence-electron chi connectivity index (χ1n) is 8.83. The van der Waals surface area contributed by atoms with Crippen LogP contribution < -0.4 is 18.9 Å². The van der Waals surface area contributed by atoms with Crippen LogP contribution in [0.4, 0.5) is 0 Å². The summed E-state index contributed by atoms with van der Waals surface area (Å²) in [6, 6.07) is 8.97. The lowest BCUT2D eigenvalue weighted by Gasteiger charge is -2.32. The largest absolute Gasteiger partial charge is 0.493 e. The molecule has 2 aromatic carbocycles. The Bertz CT molecular complexity index is 950. The van der Waals surface area contributed by atoms with Gasteiger partial charge in [0.1, 0.15) is 0 Å². The summed E-state index contributed by atoms with van der Waals surface area (Å²) in [6.07, 6.45) is 0.0499. The number of benzene rings is 2. The van der Waals surface area contributed by atoms with Gasteiger partial charge in [-0.1, -0.05) is 6.07 Å². The first-order valence-corrected chi connectivity index (χ1v) is 8.83. The van der Waals surface area contributed by atoms with Crippen LogP contribution in [0.2, 0.25) is 0 Å². The molecule has 0 fully saturated rings. The number of rotatable bonds is 4. The van der Waals surface area contributed by atoms with Crippen LogP contribution in [0.1, 0.15) is 33.8 Å². The average molecular weight is 384 g/mol. The Kier molecular flexibility index (Phi) is 4.58. The minimum Gasteiger partial charge on any atom is -0.493 e. The number of fused-ring (bicyclic) bond motifs is 2. The van der Waals surface area contributed by atoms with E-state index in [2.05, 4.69) is 0 Å². The van der Waals surface area contributed by atoms with Gasteiger partial charge in [-0.2, -0.15) is 0 Å². The molecule has 2 atom stereocenters. The Morgan fingerprint density at radius 3 is 2.43 bits per heavy atom. The molecule has 2 aliphatic rings. The van der Waals surface area contributed by atoms with Gasteiger partial charge < -0.3 is 23.7 Å². The van der Waals surface area contributed by atoms with E-state index in [0.29, 0.717) is 34.1 Å². The minimum atomic E-state index is -0.650. The number of hydrogen-bond donors (Lipinski definition) is 0. The van der Waals surface area contributed by atoms with Crippen LogP contribution >= 0.6 is 0 Å². The Labute approximate surface area is 162 Å². The van der Waals surface area contributed by atoms with Crippen LogP contribution in [-0.4, -0.2) is 39.9 Å². The molecule has 146 valence electrons. The van der Waals surface area contributed by atoms with Gasteiger partial charge in [-0.15, -0.1) is 0 Å². The zero-order chi connectivity index (χ0) is 19.8. The van der Waals surface area contributed by atoms with Crippen LogP contribution in [0, 0.1) is 5.92 Å². The van der Waals surface area contributed by atoms with Gasteiger partial charge in [-0.05, 0) is 35.4 Å². The maximum atomic E-state index is 12.8. The highest BCUT2D eigenvalue weighted by Crippen LogP contribution is 2.47. The molecule has 0 amide bonds. The molecular formula is C21H20O7. The van der Waals surface area contributed by atoms with Gasteiger partial charge in [0.25, 0.3) is 0 Å². The first-order chi connectivity index (χ1) is 13.6. The van der Waals surface area contributed by atoms with E-state index in [9.17, 15) is 9.59 Å². The fraction of sp³-hybridized carbons (Fsp3) is 0.333. The zero-order valence-electron chi connectivity index (χ0n) is 15.8. The van der Waals surface area contributed by atoms with Crippen LogP contribution in [0.15, 0.2) is 30.3 Å². The molecule has 0 radical (unpaired) electrons. The number of carbonyl (C=O) groups excluding carboxylic acids is 2. The molecule has 1 aliphatic heterocycles. The second-order valence-corrected chi connectivity index (χ2v) is 6.64. The van der Waals surface area contributed by atoms with Crippen LogP contribution in [-0.2, 0) is 9.53 Å². The molecule has 1 heterocycles. The number of ether oxygens (including phenoxy) is 5. The van der Waals surface area contributed by atoms with Crippen molar-refractivity contribution in [3.05, 3.63) is 47.0 Å². The van der Waals surface area contributed by atoms with Gasteiger partial charge in [-0.3, -0.25) is 9.59 Å². The van der Waals surface area contributed by atoms with Crippen molar-refractivity contribution >= 4 is 11.8 Å². The summed E-state index contributed by atoms with van der Waals surface area (Å²) in [7, 11) is 4.38. The molecule has 4 rings (SSSR count). The van der Waals surface area contributed by atoms with Gasteiger partial charge in [0.15, 0.2) is 28.8 Å². The number of ketones is 1. The Hall–Kier alpha value is -3.22. The molecule has 0 aromatic heterocycles. The van der Waals surface area contributed by atoms with E-state index in [0.717, 1.165) is 5.56 Å². The van der Waals surface area contributed by atoms with Gasteiger partial charge in [-0.25, -0.2) is 0 Å². The van der Waals surface area contributed by atoms with Gasteiger partial charge in [0.2, 0.25) is 6.79 Å². The Morgan fingerprint density at radius 2 is 1.71 bits per heavy atom. The number of Topliss-reactive ketones (excluding diaryl/α,β-unsaturated/α-hetero) is 1. The van der Waals surface area contributed by atoms with Gasteiger partial charge >= 0.3 is 5.97 Å². The third-order valence-electron chi connectivity index (χ3n) is 5.26. The highest BCUT2D eigenvalue weighted by Gasteiger charge is 2.41. The summed E-state index contributed by atoms with van der Waals surface area (Å²) in [6.45, 7) is 0.157. The molecular weight excluding hydrogens is 364 g/mol. The number of methoxy groups -OCH3 is 3. The smallest absolute Gasteiger partial charge is 0.310 e. The second kappa shape index (κ2) is 7.07. The van der Waals surface area contributed by atoms with Crippen molar-refractivity contribution in [2.75, 3.05) is 28.1 Å². The van der Waals surface area contributed by atoms with Crippen LogP contribution in [0.3, 0.4) is 0 Å². The summed E-state index contributed by atoms with van der Waals surface area (Å²) >= 11 is 0. The van der Waals surface area contributed by atoms with Crippen molar-refractivity contribution in [2.24, 2.45) is 5.92 Å². The number of carbonyl (C=O) groups is 2. The summed E-state index contributed by atoms with van der Waals surface area (Å²) < 4.78 is 26.6. The number of hydrogen-bond acceptors (Lipinski definition) is 7. The fourth-order valence-corrected chi connectivity index (χ4v) is 3.93. The molecule has 0 unspecified atom stereocenters. The maximum absolute atomic E-state index is 12.8. The maximum Gasteiger partial charge on any atom is 0.310 e. The Balaban J connectivity index is 1.91. The third kappa shape index (κ3) is 2.83. The zero-order valence-corrected chi connectivity index (χ0v) is 15.8. The first kappa shape index (κ1) is 18.2. The predicted molar refractivity (Wildman–Crippen MR) is 98.4 cm³/mol. The molecule has 0 saturated heterocycles. The summed E-state index contributed by atoms with van der Waals surface area (Å²) in [5, 5.41) is 0. The Morgan fingerprint density at radius 1 is 1.00 bits per heavy atom. The van der Waals surface area contributed by atoms with Crippen LogP contribution in [0.25, 0.3) is 0 Å². The van der Waals surface area contributed by atoms with E-state index in [4.69, 9.17) is 23.7 Å². The normalized spacial score (nSPS) is 19.8. The monoisotopic (exact) mass is 384 g/mol. The van der Waals surface area contributed by atoms with Gasteiger partial charge in [0.05, 0.1) is 27.2 Å². The second-order valence-electron chi connectivity index (χ2n) is 6.64. The van der Waals surface area contributed by atoms with E-state index >= 15 is 0 Å². The quantitative estimate of drug-likeness (QED) is 0.750. The highest BCUT2D eigenvalue weighted by molar-refractivity contribution is 6.02. The fourth-order valence-electron chi connectivity index (χ4n) is 3.93. The standard InChI is InChI=1S/C21H20O7/c1-24-17-8-12-13(9-18(17)25-2)20(14(7-15(12)22)21(23)26-3)11-4-5-16-19(6-11)28-10-27-16/h4-6,8-9,14,20H,7,10H2,1-3H3/t14-,20-/m1/s1. The lowest BCUT2D eigenvalue weighted by Crippen LogP contribution is -2.32. The van der Waals surface area contributed by atoms with Crippen molar-refractivity contribution in [2.45, 2.75) is 12.3 Å². The molecule has 2 aromatic rings. The van der Waals surface area contributed by atoms with Crippen molar-refractivity contribution in [1.82, 2.24) is 0 Å². The molecule has 7 nitrogen and oxygen atoms in total. The van der Waals surface area contributed by atoms with Crippen molar-refractivity contribution < 1.29 is 33.3 Å².